The van der Waals surface area contributed by atoms with Crippen LogP contribution < -0.4 is 20.1 Å². The fourth-order valence-corrected chi connectivity index (χ4v) is 2.69. The minimum Gasteiger partial charge on any atom is -0.490 e. The fraction of sp³-hybridized carbons (Fsp3) is 0.211. The number of amides is 2. The third-order valence-corrected chi connectivity index (χ3v) is 3.88. The van der Waals surface area contributed by atoms with E-state index in [1.807, 2.05) is 12.1 Å². The van der Waals surface area contributed by atoms with Gasteiger partial charge in [0.15, 0.2) is 18.1 Å². The Morgan fingerprint density at radius 1 is 1.15 bits per heavy atom. The highest BCUT2D eigenvalue weighted by Crippen LogP contribution is 2.36. The van der Waals surface area contributed by atoms with Gasteiger partial charge in [0.2, 0.25) is 5.91 Å². The zero-order chi connectivity index (χ0) is 19.6. The van der Waals surface area contributed by atoms with E-state index >= 15 is 0 Å². The van der Waals surface area contributed by atoms with E-state index in [2.05, 4.69) is 26.6 Å². The van der Waals surface area contributed by atoms with E-state index in [-0.39, 0.29) is 19.1 Å². The highest BCUT2D eigenvalue weighted by atomic mass is 79.9. The number of benzene rings is 2. The summed E-state index contributed by atoms with van der Waals surface area (Å²) in [7, 11) is 0. The molecule has 0 fully saturated rings. The summed E-state index contributed by atoms with van der Waals surface area (Å²) in [5.41, 5.74) is 1.05. The van der Waals surface area contributed by atoms with Crippen molar-refractivity contribution < 1.29 is 19.1 Å². The number of anilines is 1. The maximum atomic E-state index is 12.0. The Kier molecular flexibility index (Phi) is 7.64. The van der Waals surface area contributed by atoms with Crippen LogP contribution in [0.4, 0.5) is 5.69 Å². The zero-order valence-corrected chi connectivity index (χ0v) is 16.2. The summed E-state index contributed by atoms with van der Waals surface area (Å²) >= 11 is 3.31. The highest BCUT2D eigenvalue weighted by molar-refractivity contribution is 9.10. The molecule has 0 bridgehead atoms. The van der Waals surface area contributed by atoms with Crippen LogP contribution in [0, 0.1) is 11.3 Å². The number of carbonyl (C=O) groups excluding carboxylic acids is 2. The van der Waals surface area contributed by atoms with Gasteiger partial charge in [0, 0.05) is 11.8 Å². The number of halogens is 1. The van der Waals surface area contributed by atoms with Gasteiger partial charge in [-0.2, -0.15) is 5.26 Å². The summed E-state index contributed by atoms with van der Waals surface area (Å²) in [4.78, 5) is 23.8. The van der Waals surface area contributed by atoms with Gasteiger partial charge in [-0.1, -0.05) is 18.2 Å². The molecule has 0 aliphatic carbocycles. The molecular weight excluding hydrogens is 414 g/mol. The summed E-state index contributed by atoms with van der Waals surface area (Å²) in [5.74, 6) is -0.126. The van der Waals surface area contributed by atoms with Crippen LogP contribution >= 0.6 is 15.9 Å². The molecule has 0 saturated heterocycles. The first-order valence-electron chi connectivity index (χ1n) is 8.14. The van der Waals surface area contributed by atoms with E-state index < -0.39 is 5.91 Å². The van der Waals surface area contributed by atoms with E-state index in [0.717, 1.165) is 0 Å². The molecule has 0 aromatic heterocycles. The molecule has 0 saturated carbocycles. The highest BCUT2D eigenvalue weighted by Gasteiger charge is 2.14. The lowest BCUT2D eigenvalue weighted by atomic mass is 10.2. The number of rotatable bonds is 8. The topological polar surface area (TPSA) is 100 Å². The van der Waals surface area contributed by atoms with Crippen LogP contribution in [-0.4, -0.2) is 31.6 Å². The second-order valence-corrected chi connectivity index (χ2v) is 6.16. The summed E-state index contributed by atoms with van der Waals surface area (Å²) in [6.07, 6.45) is 0. The van der Waals surface area contributed by atoms with Gasteiger partial charge in [-0.05, 0) is 41.1 Å². The summed E-state index contributed by atoms with van der Waals surface area (Å²) in [6.45, 7) is 1.70. The van der Waals surface area contributed by atoms with Gasteiger partial charge >= 0.3 is 0 Å². The Hall–Kier alpha value is -3.05. The number of carbonyl (C=O) groups is 2. The smallest absolute Gasteiger partial charge is 0.258 e. The molecule has 27 heavy (non-hydrogen) atoms. The molecule has 2 amide bonds. The standard InChI is InChI=1S/C19H18BrN3O4/c1-2-26-16-9-13(10-21)8-15(20)19(16)27-12-18(25)22-11-17(24)23-14-6-4-3-5-7-14/h3-9H,2,11-12H2,1H3,(H,22,25)(H,23,24). The molecule has 0 heterocycles. The molecule has 7 nitrogen and oxygen atoms in total. The van der Waals surface area contributed by atoms with Gasteiger partial charge in [-0.15, -0.1) is 0 Å². The van der Waals surface area contributed by atoms with Crippen molar-refractivity contribution in [1.82, 2.24) is 5.32 Å². The van der Waals surface area contributed by atoms with Crippen molar-refractivity contribution in [2.75, 3.05) is 25.1 Å². The lowest BCUT2D eigenvalue weighted by Gasteiger charge is -2.14. The van der Waals surface area contributed by atoms with E-state index in [1.165, 1.54) is 6.07 Å². The molecule has 0 unspecified atom stereocenters. The molecule has 0 spiro atoms. The molecule has 140 valence electrons. The number of para-hydroxylation sites is 1. The first-order valence-corrected chi connectivity index (χ1v) is 8.93. The van der Waals surface area contributed by atoms with Crippen LogP contribution in [0.1, 0.15) is 12.5 Å². The molecule has 2 N–H and O–H groups in total. The van der Waals surface area contributed by atoms with E-state index in [4.69, 9.17) is 14.7 Å². The average Bonchev–Trinajstić information content (AvgIpc) is 2.66. The Labute approximate surface area is 165 Å². The SMILES string of the molecule is CCOc1cc(C#N)cc(Br)c1OCC(=O)NCC(=O)Nc1ccccc1. The van der Waals surface area contributed by atoms with Crippen molar-refractivity contribution in [3.8, 4) is 17.6 Å². The average molecular weight is 432 g/mol. The predicted molar refractivity (Wildman–Crippen MR) is 104 cm³/mol. The number of nitriles is 1. The first-order chi connectivity index (χ1) is 13.0. The second kappa shape index (κ2) is 10.2. The monoisotopic (exact) mass is 431 g/mol. The van der Waals surface area contributed by atoms with Gasteiger partial charge in [-0.3, -0.25) is 9.59 Å². The molecule has 2 rings (SSSR count). The third kappa shape index (κ3) is 6.31. The molecule has 2 aromatic rings. The maximum Gasteiger partial charge on any atom is 0.258 e. The molecule has 0 aliphatic heterocycles. The minimum absolute atomic E-state index is 0.177. The Balaban J connectivity index is 1.88. The van der Waals surface area contributed by atoms with Crippen LogP contribution in [-0.2, 0) is 9.59 Å². The molecular formula is C19H18BrN3O4. The van der Waals surface area contributed by atoms with E-state index in [0.29, 0.717) is 33.8 Å². The third-order valence-electron chi connectivity index (χ3n) is 3.29. The number of ether oxygens (including phenoxy) is 2. The number of nitrogens with zero attached hydrogens (tertiary/aromatic N) is 1. The van der Waals surface area contributed by atoms with Crippen LogP contribution in [0.25, 0.3) is 0 Å². The summed E-state index contributed by atoms with van der Waals surface area (Å²) in [6, 6.07) is 14.1. The van der Waals surface area contributed by atoms with Gasteiger partial charge < -0.3 is 20.1 Å². The van der Waals surface area contributed by atoms with Crippen LogP contribution in [0.15, 0.2) is 46.9 Å². The lowest BCUT2D eigenvalue weighted by Crippen LogP contribution is -2.35. The number of nitrogens with one attached hydrogen (secondary N) is 2. The van der Waals surface area contributed by atoms with E-state index in [1.54, 1.807) is 37.3 Å². The number of hydrogen-bond donors (Lipinski definition) is 2. The fourth-order valence-electron chi connectivity index (χ4n) is 2.13. The van der Waals surface area contributed by atoms with E-state index in [9.17, 15) is 9.59 Å². The molecule has 2 aromatic carbocycles. The van der Waals surface area contributed by atoms with Crippen molar-refractivity contribution in [1.29, 1.82) is 5.26 Å². The summed E-state index contributed by atoms with van der Waals surface area (Å²) < 4.78 is 11.5. The van der Waals surface area contributed by atoms with Gasteiger partial charge in [-0.25, -0.2) is 0 Å². The van der Waals surface area contributed by atoms with Crippen LogP contribution in [0.5, 0.6) is 11.5 Å². The second-order valence-electron chi connectivity index (χ2n) is 5.31. The Morgan fingerprint density at radius 2 is 1.89 bits per heavy atom. The van der Waals surface area contributed by atoms with Crippen molar-refractivity contribution in [2.45, 2.75) is 6.92 Å². The number of hydrogen-bond acceptors (Lipinski definition) is 5. The maximum absolute atomic E-state index is 12.0. The largest absolute Gasteiger partial charge is 0.490 e. The molecule has 8 heteroatoms. The molecule has 0 atom stereocenters. The molecule has 0 aliphatic rings. The van der Waals surface area contributed by atoms with Crippen LogP contribution in [0.3, 0.4) is 0 Å². The normalized spacial score (nSPS) is 9.81. The van der Waals surface area contributed by atoms with Crippen molar-refractivity contribution >= 4 is 33.4 Å². The lowest BCUT2D eigenvalue weighted by molar-refractivity contribution is -0.125. The molecule has 0 radical (unpaired) electrons. The Bertz CT molecular complexity index is 850. The predicted octanol–water partition coefficient (Wildman–Crippen LogP) is 2.85. The van der Waals surface area contributed by atoms with Crippen molar-refractivity contribution in [3.05, 3.63) is 52.5 Å². The first kappa shape index (κ1) is 20.3. The Morgan fingerprint density at radius 3 is 2.56 bits per heavy atom. The van der Waals surface area contributed by atoms with Crippen molar-refractivity contribution in [2.24, 2.45) is 0 Å². The zero-order valence-electron chi connectivity index (χ0n) is 14.6. The van der Waals surface area contributed by atoms with Crippen LogP contribution in [0.2, 0.25) is 0 Å². The van der Waals surface area contributed by atoms with Crippen molar-refractivity contribution in [3.63, 3.8) is 0 Å². The van der Waals surface area contributed by atoms with Gasteiger partial charge in [0.25, 0.3) is 5.91 Å². The quantitative estimate of drug-likeness (QED) is 0.668. The van der Waals surface area contributed by atoms with Gasteiger partial charge in [0.05, 0.1) is 29.3 Å². The minimum atomic E-state index is -0.461. The summed E-state index contributed by atoms with van der Waals surface area (Å²) in [5, 5.41) is 14.2. The van der Waals surface area contributed by atoms with Gasteiger partial charge in [0.1, 0.15) is 0 Å².